The highest BCUT2D eigenvalue weighted by Crippen LogP contribution is 2.07. The Balaban J connectivity index is 2.28. The monoisotopic (exact) mass is 257 g/mol. The van der Waals surface area contributed by atoms with Crippen LogP contribution in [0.4, 0.5) is 4.79 Å². The van der Waals surface area contributed by atoms with E-state index in [-0.39, 0.29) is 12.5 Å². The molecule has 94 valence electrons. The van der Waals surface area contributed by atoms with Gasteiger partial charge in [0.25, 0.3) is 0 Å². The molecule has 1 rings (SSSR count). The van der Waals surface area contributed by atoms with Crippen LogP contribution in [0.2, 0.25) is 0 Å². The van der Waals surface area contributed by atoms with Gasteiger partial charge in [0.15, 0.2) is 0 Å². The lowest BCUT2D eigenvalue weighted by Crippen LogP contribution is -2.41. The highest BCUT2D eigenvalue weighted by molar-refractivity contribution is 7.09. The lowest BCUT2D eigenvalue weighted by Gasteiger charge is -2.11. The molecule has 0 aromatic carbocycles. The van der Waals surface area contributed by atoms with E-state index in [1.54, 1.807) is 6.92 Å². The van der Waals surface area contributed by atoms with Crippen molar-refractivity contribution in [3.63, 3.8) is 0 Å². The van der Waals surface area contributed by atoms with E-state index in [4.69, 9.17) is 5.11 Å². The standard InChI is InChI=1S/C10H15N3O3S/c1-6(3-9(14)15)13-10(16)11-4-8-12-7(2)5-17-8/h5-6H,3-4H2,1-2H3,(H,14,15)(H2,11,13,16). The normalized spacial score (nSPS) is 11.9. The molecule has 0 aliphatic heterocycles. The first-order valence-electron chi connectivity index (χ1n) is 5.14. The summed E-state index contributed by atoms with van der Waals surface area (Å²) in [5.41, 5.74) is 0.923. The van der Waals surface area contributed by atoms with Crippen LogP contribution in [0, 0.1) is 6.92 Å². The Morgan fingerprint density at radius 2 is 2.29 bits per heavy atom. The fourth-order valence-corrected chi connectivity index (χ4v) is 1.94. The predicted molar refractivity (Wildman–Crippen MR) is 63.9 cm³/mol. The second-order valence-electron chi connectivity index (χ2n) is 3.71. The molecule has 7 heteroatoms. The molecule has 0 saturated heterocycles. The predicted octanol–water partition coefficient (Wildman–Crippen LogP) is 1.11. The highest BCUT2D eigenvalue weighted by Gasteiger charge is 2.10. The number of aryl methyl sites for hydroxylation is 1. The minimum absolute atomic E-state index is 0.0935. The van der Waals surface area contributed by atoms with E-state index in [9.17, 15) is 9.59 Å². The number of aliphatic carboxylic acids is 1. The van der Waals surface area contributed by atoms with Crippen LogP contribution in [0.5, 0.6) is 0 Å². The Hall–Kier alpha value is -1.63. The SMILES string of the molecule is Cc1csc(CNC(=O)NC(C)CC(=O)O)n1. The summed E-state index contributed by atoms with van der Waals surface area (Å²) in [6.07, 6.45) is -0.0935. The van der Waals surface area contributed by atoms with Crippen molar-refractivity contribution in [2.75, 3.05) is 0 Å². The van der Waals surface area contributed by atoms with Gasteiger partial charge >= 0.3 is 12.0 Å². The molecule has 17 heavy (non-hydrogen) atoms. The third kappa shape index (κ3) is 5.30. The third-order valence-corrected chi connectivity index (χ3v) is 2.89. The van der Waals surface area contributed by atoms with E-state index >= 15 is 0 Å². The number of carboxylic acid groups (broad SMARTS) is 1. The van der Waals surface area contributed by atoms with Gasteiger partial charge in [0.05, 0.1) is 13.0 Å². The van der Waals surface area contributed by atoms with E-state index in [0.29, 0.717) is 6.54 Å². The molecule has 0 aliphatic carbocycles. The minimum atomic E-state index is -0.937. The Bertz CT molecular complexity index is 405. The van der Waals surface area contributed by atoms with E-state index < -0.39 is 12.0 Å². The number of nitrogens with zero attached hydrogens (tertiary/aromatic N) is 1. The molecule has 6 nitrogen and oxygen atoms in total. The topological polar surface area (TPSA) is 91.3 Å². The summed E-state index contributed by atoms with van der Waals surface area (Å²) in [5.74, 6) is -0.937. The van der Waals surface area contributed by atoms with Crippen LogP contribution in [0.15, 0.2) is 5.38 Å². The lowest BCUT2D eigenvalue weighted by molar-refractivity contribution is -0.137. The maximum Gasteiger partial charge on any atom is 0.315 e. The van der Waals surface area contributed by atoms with Crippen LogP contribution in [0.1, 0.15) is 24.0 Å². The molecular weight excluding hydrogens is 242 g/mol. The Labute approximate surface area is 103 Å². The van der Waals surface area contributed by atoms with E-state index in [0.717, 1.165) is 10.7 Å². The van der Waals surface area contributed by atoms with Gasteiger partial charge in [-0.25, -0.2) is 9.78 Å². The molecule has 3 N–H and O–H groups in total. The molecule has 0 saturated carbocycles. The number of hydrogen-bond donors (Lipinski definition) is 3. The average molecular weight is 257 g/mol. The third-order valence-electron chi connectivity index (χ3n) is 1.93. The van der Waals surface area contributed by atoms with Gasteiger partial charge in [-0.15, -0.1) is 11.3 Å². The molecule has 0 aliphatic rings. The van der Waals surface area contributed by atoms with Gasteiger partial charge in [-0.05, 0) is 13.8 Å². The van der Waals surface area contributed by atoms with Gasteiger partial charge in [-0.1, -0.05) is 0 Å². The number of rotatable bonds is 5. The first-order valence-corrected chi connectivity index (χ1v) is 6.02. The lowest BCUT2D eigenvalue weighted by atomic mass is 10.2. The molecule has 1 unspecified atom stereocenters. The molecule has 1 aromatic rings. The summed E-state index contributed by atoms with van der Waals surface area (Å²) in [5, 5.41) is 16.4. The quantitative estimate of drug-likeness (QED) is 0.737. The molecule has 0 radical (unpaired) electrons. The Morgan fingerprint density at radius 1 is 1.59 bits per heavy atom. The van der Waals surface area contributed by atoms with Crippen molar-refractivity contribution < 1.29 is 14.7 Å². The van der Waals surface area contributed by atoms with E-state index in [1.807, 2.05) is 12.3 Å². The Kier molecular flexibility index (Phi) is 4.89. The van der Waals surface area contributed by atoms with Crippen molar-refractivity contribution in [3.8, 4) is 0 Å². The van der Waals surface area contributed by atoms with Gasteiger partial charge < -0.3 is 15.7 Å². The van der Waals surface area contributed by atoms with E-state index in [2.05, 4.69) is 15.6 Å². The first kappa shape index (κ1) is 13.4. The Morgan fingerprint density at radius 3 is 2.82 bits per heavy atom. The number of carboxylic acids is 1. The summed E-state index contributed by atoms with van der Waals surface area (Å²) in [6, 6.07) is -0.780. The van der Waals surface area contributed by atoms with Crippen LogP contribution >= 0.6 is 11.3 Å². The molecule has 0 bridgehead atoms. The fraction of sp³-hybridized carbons (Fsp3) is 0.500. The fourth-order valence-electron chi connectivity index (χ4n) is 1.23. The van der Waals surface area contributed by atoms with E-state index in [1.165, 1.54) is 11.3 Å². The number of amides is 2. The smallest absolute Gasteiger partial charge is 0.315 e. The summed E-state index contributed by atoms with van der Waals surface area (Å²) in [6.45, 7) is 3.88. The molecular formula is C10H15N3O3S. The summed E-state index contributed by atoms with van der Waals surface area (Å²) in [7, 11) is 0. The average Bonchev–Trinajstić information content (AvgIpc) is 2.59. The molecule has 0 fully saturated rings. The van der Waals surface area contributed by atoms with Crippen LogP contribution in [0.25, 0.3) is 0 Å². The molecule has 1 atom stereocenters. The second kappa shape index (κ2) is 6.19. The van der Waals surface area contributed by atoms with Crippen LogP contribution < -0.4 is 10.6 Å². The van der Waals surface area contributed by atoms with Gasteiger partial charge in [0, 0.05) is 17.1 Å². The minimum Gasteiger partial charge on any atom is -0.481 e. The van der Waals surface area contributed by atoms with Crippen molar-refractivity contribution in [1.82, 2.24) is 15.6 Å². The zero-order chi connectivity index (χ0) is 12.8. The maximum absolute atomic E-state index is 11.4. The summed E-state index contributed by atoms with van der Waals surface area (Å²) >= 11 is 1.47. The second-order valence-corrected chi connectivity index (χ2v) is 4.65. The largest absolute Gasteiger partial charge is 0.481 e. The molecule has 2 amide bonds. The number of aromatic nitrogens is 1. The summed E-state index contributed by atoms with van der Waals surface area (Å²) < 4.78 is 0. The summed E-state index contributed by atoms with van der Waals surface area (Å²) in [4.78, 5) is 26.0. The zero-order valence-electron chi connectivity index (χ0n) is 9.69. The van der Waals surface area contributed by atoms with Gasteiger partial charge in [-0.3, -0.25) is 4.79 Å². The molecule has 1 aromatic heterocycles. The van der Waals surface area contributed by atoms with Crippen molar-refractivity contribution >= 4 is 23.3 Å². The zero-order valence-corrected chi connectivity index (χ0v) is 10.5. The molecule has 1 heterocycles. The number of urea groups is 1. The maximum atomic E-state index is 11.4. The van der Waals surface area contributed by atoms with Crippen molar-refractivity contribution in [1.29, 1.82) is 0 Å². The van der Waals surface area contributed by atoms with Crippen molar-refractivity contribution in [2.24, 2.45) is 0 Å². The van der Waals surface area contributed by atoms with Gasteiger partial charge in [0.1, 0.15) is 5.01 Å². The van der Waals surface area contributed by atoms with Gasteiger partial charge in [-0.2, -0.15) is 0 Å². The van der Waals surface area contributed by atoms with Crippen LogP contribution in [-0.4, -0.2) is 28.1 Å². The number of thiazole rings is 1. The van der Waals surface area contributed by atoms with Crippen molar-refractivity contribution in [3.05, 3.63) is 16.1 Å². The van der Waals surface area contributed by atoms with Crippen molar-refractivity contribution in [2.45, 2.75) is 32.9 Å². The van der Waals surface area contributed by atoms with Crippen LogP contribution in [0.3, 0.4) is 0 Å². The van der Waals surface area contributed by atoms with Crippen LogP contribution in [-0.2, 0) is 11.3 Å². The number of nitrogens with one attached hydrogen (secondary N) is 2. The number of carbonyl (C=O) groups is 2. The number of hydrogen-bond acceptors (Lipinski definition) is 4. The molecule has 0 spiro atoms. The first-order chi connectivity index (χ1) is 7.97. The number of carbonyl (C=O) groups excluding carboxylic acids is 1. The van der Waals surface area contributed by atoms with Gasteiger partial charge in [0.2, 0.25) is 0 Å². The highest BCUT2D eigenvalue weighted by atomic mass is 32.1.